The molecular formula is C11H6F3NO2S. The second kappa shape index (κ2) is 4.41. The highest BCUT2D eigenvalue weighted by Gasteiger charge is 2.39. The van der Waals surface area contributed by atoms with Crippen molar-refractivity contribution in [3.63, 3.8) is 0 Å². The lowest BCUT2D eigenvalue weighted by Crippen LogP contribution is -2.11. The molecule has 0 atom stereocenters. The summed E-state index contributed by atoms with van der Waals surface area (Å²) in [6, 6.07) is 8.14. The van der Waals surface area contributed by atoms with Crippen molar-refractivity contribution in [1.82, 2.24) is 4.98 Å². The molecule has 0 aliphatic heterocycles. The highest BCUT2D eigenvalue weighted by Crippen LogP contribution is 2.37. The molecule has 0 aliphatic rings. The van der Waals surface area contributed by atoms with Crippen LogP contribution < -0.4 is 0 Å². The summed E-state index contributed by atoms with van der Waals surface area (Å²) in [5, 5.41) is 8.80. The molecule has 0 saturated heterocycles. The monoisotopic (exact) mass is 273 g/mol. The van der Waals surface area contributed by atoms with E-state index in [4.69, 9.17) is 5.11 Å². The van der Waals surface area contributed by atoms with Crippen molar-refractivity contribution >= 4 is 17.3 Å². The Morgan fingerprint density at radius 2 is 1.83 bits per heavy atom. The van der Waals surface area contributed by atoms with Gasteiger partial charge < -0.3 is 5.11 Å². The van der Waals surface area contributed by atoms with E-state index in [2.05, 4.69) is 4.98 Å². The van der Waals surface area contributed by atoms with Crippen LogP contribution in [0, 0.1) is 0 Å². The lowest BCUT2D eigenvalue weighted by molar-refractivity contribution is -0.141. The number of aromatic carboxylic acids is 1. The molecule has 1 aromatic carbocycles. The average molecular weight is 273 g/mol. The second-order valence-electron chi connectivity index (χ2n) is 3.37. The first-order valence-electron chi connectivity index (χ1n) is 4.76. The molecule has 0 aliphatic carbocycles. The number of halogens is 3. The predicted molar refractivity (Wildman–Crippen MR) is 59.5 cm³/mol. The van der Waals surface area contributed by atoms with Gasteiger partial charge in [0.15, 0.2) is 5.69 Å². The van der Waals surface area contributed by atoms with E-state index in [0.29, 0.717) is 16.9 Å². The Labute approximate surface area is 104 Å². The lowest BCUT2D eigenvalue weighted by atomic mass is 10.2. The van der Waals surface area contributed by atoms with E-state index < -0.39 is 22.7 Å². The highest BCUT2D eigenvalue weighted by atomic mass is 32.1. The van der Waals surface area contributed by atoms with Gasteiger partial charge >= 0.3 is 12.1 Å². The van der Waals surface area contributed by atoms with Gasteiger partial charge in [-0.3, -0.25) is 0 Å². The molecule has 7 heteroatoms. The van der Waals surface area contributed by atoms with E-state index in [0.717, 1.165) is 0 Å². The summed E-state index contributed by atoms with van der Waals surface area (Å²) in [5.74, 6) is -1.62. The molecule has 0 unspecified atom stereocenters. The maximum Gasteiger partial charge on any atom is 0.435 e. The lowest BCUT2D eigenvalue weighted by Gasteiger charge is -2.02. The van der Waals surface area contributed by atoms with E-state index in [-0.39, 0.29) is 5.01 Å². The van der Waals surface area contributed by atoms with Crippen molar-refractivity contribution in [3.05, 3.63) is 40.9 Å². The molecule has 0 saturated carbocycles. The van der Waals surface area contributed by atoms with E-state index >= 15 is 0 Å². The first-order chi connectivity index (χ1) is 8.39. The van der Waals surface area contributed by atoms with Gasteiger partial charge in [-0.25, -0.2) is 9.78 Å². The van der Waals surface area contributed by atoms with Gasteiger partial charge in [-0.05, 0) is 0 Å². The minimum atomic E-state index is -4.77. The summed E-state index contributed by atoms with van der Waals surface area (Å²) < 4.78 is 37.9. The van der Waals surface area contributed by atoms with Crippen LogP contribution in [0.5, 0.6) is 0 Å². The molecular weight excluding hydrogens is 267 g/mol. The van der Waals surface area contributed by atoms with Crippen molar-refractivity contribution < 1.29 is 23.1 Å². The molecule has 2 rings (SSSR count). The van der Waals surface area contributed by atoms with Crippen LogP contribution in [-0.2, 0) is 6.18 Å². The zero-order chi connectivity index (χ0) is 13.3. The number of aromatic nitrogens is 1. The highest BCUT2D eigenvalue weighted by molar-refractivity contribution is 7.17. The van der Waals surface area contributed by atoms with Crippen molar-refractivity contribution in [2.24, 2.45) is 0 Å². The summed E-state index contributed by atoms with van der Waals surface area (Å²) in [6.45, 7) is 0. The van der Waals surface area contributed by atoms with Crippen molar-refractivity contribution in [1.29, 1.82) is 0 Å². The average Bonchev–Trinajstić information content (AvgIpc) is 2.74. The number of hydrogen-bond donors (Lipinski definition) is 1. The molecule has 0 bridgehead atoms. The smallest absolute Gasteiger partial charge is 0.435 e. The Bertz CT molecular complexity index is 578. The number of carbonyl (C=O) groups is 1. The van der Waals surface area contributed by atoms with Gasteiger partial charge in [0, 0.05) is 5.56 Å². The number of rotatable bonds is 2. The van der Waals surface area contributed by atoms with Gasteiger partial charge in [0.1, 0.15) is 9.88 Å². The van der Waals surface area contributed by atoms with Crippen LogP contribution >= 0.6 is 11.3 Å². The van der Waals surface area contributed by atoms with E-state index in [9.17, 15) is 18.0 Å². The van der Waals surface area contributed by atoms with Crippen LogP contribution in [0.25, 0.3) is 10.6 Å². The minimum Gasteiger partial charge on any atom is -0.477 e. The summed E-state index contributed by atoms with van der Waals surface area (Å²) in [6.07, 6.45) is -4.77. The van der Waals surface area contributed by atoms with Gasteiger partial charge in [0.25, 0.3) is 0 Å². The topological polar surface area (TPSA) is 50.2 Å². The summed E-state index contributed by atoms with van der Waals surface area (Å²) >= 11 is 0.517. The van der Waals surface area contributed by atoms with Gasteiger partial charge in [-0.2, -0.15) is 13.2 Å². The van der Waals surface area contributed by atoms with Crippen molar-refractivity contribution in [3.8, 4) is 10.6 Å². The zero-order valence-electron chi connectivity index (χ0n) is 8.73. The Kier molecular flexibility index (Phi) is 3.08. The predicted octanol–water partition coefficient (Wildman–Crippen LogP) is 3.53. The van der Waals surface area contributed by atoms with Gasteiger partial charge in [-0.15, -0.1) is 11.3 Å². The molecule has 1 heterocycles. The maximum absolute atomic E-state index is 12.6. The molecule has 1 N–H and O–H groups in total. The summed E-state index contributed by atoms with van der Waals surface area (Å²) in [7, 11) is 0. The van der Waals surface area contributed by atoms with Crippen molar-refractivity contribution in [2.75, 3.05) is 0 Å². The van der Waals surface area contributed by atoms with E-state index in [1.807, 2.05) is 0 Å². The summed E-state index contributed by atoms with van der Waals surface area (Å²) in [4.78, 5) is 13.4. The Hall–Kier alpha value is -1.89. The third kappa shape index (κ3) is 2.35. The molecule has 0 fully saturated rings. The Morgan fingerprint density at radius 3 is 2.28 bits per heavy atom. The second-order valence-corrected chi connectivity index (χ2v) is 4.36. The van der Waals surface area contributed by atoms with Gasteiger partial charge in [0.2, 0.25) is 0 Å². The largest absolute Gasteiger partial charge is 0.477 e. The van der Waals surface area contributed by atoms with Crippen LogP contribution in [0.15, 0.2) is 30.3 Å². The van der Waals surface area contributed by atoms with Crippen LogP contribution in [0.4, 0.5) is 13.2 Å². The molecule has 18 heavy (non-hydrogen) atoms. The first kappa shape index (κ1) is 12.6. The molecule has 3 nitrogen and oxygen atoms in total. The Morgan fingerprint density at radius 1 is 1.22 bits per heavy atom. The molecule has 0 amide bonds. The molecule has 0 radical (unpaired) electrons. The normalized spacial score (nSPS) is 11.5. The third-order valence-corrected chi connectivity index (χ3v) is 3.20. The van der Waals surface area contributed by atoms with Crippen molar-refractivity contribution in [2.45, 2.75) is 6.18 Å². The van der Waals surface area contributed by atoms with Gasteiger partial charge in [0.05, 0.1) is 0 Å². The Balaban J connectivity index is 2.57. The van der Waals surface area contributed by atoms with Crippen LogP contribution in [0.2, 0.25) is 0 Å². The summed E-state index contributed by atoms with van der Waals surface area (Å²) in [5.41, 5.74) is -0.889. The fraction of sp³-hybridized carbons (Fsp3) is 0.0909. The molecule has 94 valence electrons. The number of carboxylic acids is 1. The van der Waals surface area contributed by atoms with E-state index in [1.165, 1.54) is 0 Å². The molecule has 1 aromatic heterocycles. The van der Waals surface area contributed by atoms with Crippen LogP contribution in [-0.4, -0.2) is 16.1 Å². The van der Waals surface area contributed by atoms with Crippen LogP contribution in [0.3, 0.4) is 0 Å². The molecule has 0 spiro atoms. The number of thiazole rings is 1. The van der Waals surface area contributed by atoms with Gasteiger partial charge in [-0.1, -0.05) is 30.3 Å². The number of alkyl halides is 3. The van der Waals surface area contributed by atoms with Crippen LogP contribution in [0.1, 0.15) is 15.4 Å². The standard InChI is InChI=1S/C11H6F3NO2S/c12-11(13,14)8-7(10(16)17)18-9(15-8)6-4-2-1-3-5-6/h1-5H,(H,16,17). The fourth-order valence-electron chi connectivity index (χ4n) is 1.36. The van der Waals surface area contributed by atoms with E-state index in [1.54, 1.807) is 30.3 Å². The first-order valence-corrected chi connectivity index (χ1v) is 5.58. The maximum atomic E-state index is 12.6. The number of benzene rings is 1. The SMILES string of the molecule is O=C(O)c1sc(-c2ccccc2)nc1C(F)(F)F. The molecule has 2 aromatic rings. The fourth-order valence-corrected chi connectivity index (χ4v) is 2.29. The minimum absolute atomic E-state index is 0.0420. The zero-order valence-corrected chi connectivity index (χ0v) is 9.55. The number of hydrogen-bond acceptors (Lipinski definition) is 3. The third-order valence-electron chi connectivity index (χ3n) is 2.11. The number of nitrogens with zero attached hydrogens (tertiary/aromatic N) is 1. The quantitative estimate of drug-likeness (QED) is 0.910. The number of carboxylic acid groups (broad SMARTS) is 1.